The maximum Gasteiger partial charge on any atom is 0.230 e. The summed E-state index contributed by atoms with van der Waals surface area (Å²) in [5, 5.41) is 7.38. The summed E-state index contributed by atoms with van der Waals surface area (Å²) in [4.78, 5) is 15.1. The van der Waals surface area contributed by atoms with E-state index in [-0.39, 0.29) is 0 Å². The molecule has 0 spiro atoms. The normalized spacial score (nSPS) is 24.9. The van der Waals surface area contributed by atoms with Gasteiger partial charge >= 0.3 is 0 Å². The van der Waals surface area contributed by atoms with Crippen LogP contribution in [0.5, 0.6) is 0 Å². The summed E-state index contributed by atoms with van der Waals surface area (Å²) in [7, 11) is 0. The molecule has 0 saturated heterocycles. The second-order valence-corrected chi connectivity index (χ2v) is 8.71. The molecule has 1 aliphatic heterocycles. The maximum atomic E-state index is 13.0. The van der Waals surface area contributed by atoms with Gasteiger partial charge in [0.05, 0.1) is 5.69 Å². The van der Waals surface area contributed by atoms with Crippen molar-refractivity contribution >= 4 is 16.8 Å². The van der Waals surface area contributed by atoms with Crippen molar-refractivity contribution in [2.45, 2.75) is 31.3 Å². The molecule has 1 N–H and O–H groups in total. The Kier molecular flexibility index (Phi) is 4.72. The number of benzene rings is 2. The quantitative estimate of drug-likeness (QED) is 0.525. The van der Waals surface area contributed by atoms with Crippen molar-refractivity contribution in [1.82, 2.24) is 5.32 Å². The van der Waals surface area contributed by atoms with Crippen LogP contribution in [0.2, 0.25) is 0 Å². The SMILES string of the molecule is O=NC1(N2/C=C\C=C\NC3=C(CCC=C3)c3ccccc32)C2=C(CCC=C2)c2ccccc21. The molecule has 162 valence electrons. The summed E-state index contributed by atoms with van der Waals surface area (Å²) in [5.74, 6) is 0. The molecule has 2 aromatic rings. The van der Waals surface area contributed by atoms with Gasteiger partial charge in [-0.3, -0.25) is 0 Å². The summed E-state index contributed by atoms with van der Waals surface area (Å²) in [6.45, 7) is 0. The predicted octanol–water partition coefficient (Wildman–Crippen LogP) is 6.92. The van der Waals surface area contributed by atoms with Crippen molar-refractivity contribution in [3.8, 4) is 0 Å². The van der Waals surface area contributed by atoms with Crippen LogP contribution >= 0.6 is 0 Å². The number of hydrogen-bond donors (Lipinski definition) is 1. The molecule has 0 fully saturated rings. The van der Waals surface area contributed by atoms with Gasteiger partial charge in [-0.05, 0) is 71.9 Å². The van der Waals surface area contributed by atoms with Gasteiger partial charge in [0.2, 0.25) is 5.66 Å². The smallest absolute Gasteiger partial charge is 0.230 e. The minimum absolute atomic E-state index is 0.920. The van der Waals surface area contributed by atoms with Crippen molar-refractivity contribution in [2.75, 3.05) is 4.90 Å². The van der Waals surface area contributed by atoms with E-state index >= 15 is 0 Å². The largest absolute Gasteiger partial charge is 0.361 e. The zero-order chi connectivity index (χ0) is 22.3. The maximum absolute atomic E-state index is 13.0. The van der Waals surface area contributed by atoms with Gasteiger partial charge in [0.1, 0.15) is 0 Å². The first-order valence-corrected chi connectivity index (χ1v) is 11.6. The first kappa shape index (κ1) is 19.7. The molecule has 33 heavy (non-hydrogen) atoms. The van der Waals surface area contributed by atoms with E-state index in [9.17, 15) is 4.91 Å². The minimum atomic E-state index is -1.15. The molecular formula is C29H25N3O. The lowest BCUT2D eigenvalue weighted by Gasteiger charge is -2.39. The van der Waals surface area contributed by atoms with E-state index < -0.39 is 5.66 Å². The predicted molar refractivity (Wildman–Crippen MR) is 135 cm³/mol. The Morgan fingerprint density at radius 3 is 2.48 bits per heavy atom. The number of fused-ring (bicyclic) bond motifs is 4. The number of anilines is 1. The standard InChI is InChI=1S/C29H25N3O/c33-31-29(25-15-5-1-11-21(25)22-12-2-6-16-26(22)29)32-20-10-9-19-30-27-17-7-3-13-23(27)24-14-4-8-18-28(24)32/h1,4-11,14-20,30H,2-3,12-13H2/b19-9+,20-10-. The Bertz CT molecular complexity index is 1320. The molecule has 4 aliphatic rings. The summed E-state index contributed by atoms with van der Waals surface area (Å²) in [6.07, 6.45) is 20.3. The van der Waals surface area contributed by atoms with Crippen molar-refractivity contribution in [3.63, 3.8) is 0 Å². The number of hydrogen-bond acceptors (Lipinski definition) is 4. The van der Waals surface area contributed by atoms with Crippen molar-refractivity contribution < 1.29 is 0 Å². The summed E-state index contributed by atoms with van der Waals surface area (Å²) >= 11 is 0. The highest BCUT2D eigenvalue weighted by Gasteiger charge is 2.51. The fourth-order valence-corrected chi connectivity index (χ4v) is 5.58. The Labute approximate surface area is 194 Å². The van der Waals surface area contributed by atoms with Crippen molar-refractivity contribution in [1.29, 1.82) is 0 Å². The van der Waals surface area contributed by atoms with Crippen LogP contribution in [0.4, 0.5) is 5.69 Å². The molecule has 4 heteroatoms. The molecule has 1 atom stereocenters. The van der Waals surface area contributed by atoms with Gasteiger partial charge in [0.25, 0.3) is 0 Å². The van der Waals surface area contributed by atoms with Gasteiger partial charge in [-0.1, -0.05) is 60.7 Å². The van der Waals surface area contributed by atoms with Crippen LogP contribution in [-0.2, 0) is 5.66 Å². The van der Waals surface area contributed by atoms with Gasteiger partial charge in [-0.25, -0.2) is 0 Å². The molecule has 2 aromatic carbocycles. The average Bonchev–Trinajstić information content (AvgIpc) is 3.17. The van der Waals surface area contributed by atoms with Crippen LogP contribution in [0.15, 0.2) is 114 Å². The molecule has 0 saturated carbocycles. The van der Waals surface area contributed by atoms with Crippen molar-refractivity contribution in [2.24, 2.45) is 5.18 Å². The molecule has 3 aliphatic carbocycles. The Hall–Kier alpha value is -3.92. The van der Waals surface area contributed by atoms with E-state index in [0.717, 1.165) is 59.3 Å². The summed E-state index contributed by atoms with van der Waals surface area (Å²) in [6, 6.07) is 16.6. The summed E-state index contributed by atoms with van der Waals surface area (Å²) < 4.78 is 0. The molecule has 4 nitrogen and oxygen atoms in total. The van der Waals surface area contributed by atoms with Gasteiger partial charge < -0.3 is 10.2 Å². The topological polar surface area (TPSA) is 44.7 Å². The van der Waals surface area contributed by atoms with E-state index in [1.165, 1.54) is 11.1 Å². The molecule has 1 heterocycles. The molecule has 0 radical (unpaired) electrons. The van der Waals surface area contributed by atoms with E-state index in [4.69, 9.17) is 0 Å². The highest BCUT2D eigenvalue weighted by molar-refractivity contribution is 5.88. The lowest BCUT2D eigenvalue weighted by molar-refractivity contribution is 0.550. The number of allylic oxidation sites excluding steroid dienone is 7. The van der Waals surface area contributed by atoms with E-state index in [0.29, 0.717) is 0 Å². The van der Waals surface area contributed by atoms with E-state index in [1.807, 2.05) is 36.7 Å². The zero-order valence-electron chi connectivity index (χ0n) is 18.4. The lowest BCUT2D eigenvalue weighted by atomic mass is 9.88. The monoisotopic (exact) mass is 431 g/mol. The Morgan fingerprint density at radius 2 is 1.61 bits per heavy atom. The molecule has 0 aromatic heterocycles. The first-order valence-electron chi connectivity index (χ1n) is 11.6. The van der Waals surface area contributed by atoms with Gasteiger partial charge in [0, 0.05) is 34.8 Å². The molecule has 6 rings (SSSR count). The number of nitrogens with one attached hydrogen (secondary N) is 1. The Balaban J connectivity index is 1.66. The van der Waals surface area contributed by atoms with Crippen molar-refractivity contribution in [3.05, 3.63) is 130 Å². The van der Waals surface area contributed by atoms with Crippen LogP contribution in [0.25, 0.3) is 11.1 Å². The second-order valence-electron chi connectivity index (χ2n) is 8.71. The number of para-hydroxylation sites is 1. The van der Waals surface area contributed by atoms with Gasteiger partial charge in [0.15, 0.2) is 0 Å². The molecule has 0 bridgehead atoms. The molecule has 1 unspecified atom stereocenters. The third-order valence-electron chi connectivity index (χ3n) is 7.00. The Morgan fingerprint density at radius 1 is 0.848 bits per heavy atom. The fraction of sp³-hybridized carbons (Fsp3) is 0.172. The number of rotatable bonds is 2. The highest BCUT2D eigenvalue weighted by Crippen LogP contribution is 2.54. The number of nitroso groups, excluding NO2 is 1. The average molecular weight is 432 g/mol. The van der Waals surface area contributed by atoms with Crippen LogP contribution in [0.1, 0.15) is 42.4 Å². The second kappa shape index (κ2) is 7.89. The fourth-order valence-electron chi connectivity index (χ4n) is 5.58. The third-order valence-corrected chi connectivity index (χ3v) is 7.00. The van der Waals surface area contributed by atoms with Crippen LogP contribution < -0.4 is 10.2 Å². The first-order chi connectivity index (χ1) is 16.3. The van der Waals surface area contributed by atoms with Crippen LogP contribution in [0, 0.1) is 4.91 Å². The van der Waals surface area contributed by atoms with Gasteiger partial charge in [-0.15, -0.1) is 4.91 Å². The third kappa shape index (κ3) is 2.91. The zero-order valence-corrected chi connectivity index (χ0v) is 18.4. The van der Waals surface area contributed by atoms with E-state index in [1.54, 1.807) is 0 Å². The van der Waals surface area contributed by atoms with Crippen LogP contribution in [0.3, 0.4) is 0 Å². The minimum Gasteiger partial charge on any atom is -0.361 e. The molecule has 0 amide bonds. The number of nitrogens with zero attached hydrogens (tertiary/aromatic N) is 2. The lowest BCUT2D eigenvalue weighted by Crippen LogP contribution is -2.42. The molecular weight excluding hydrogens is 406 g/mol. The summed E-state index contributed by atoms with van der Waals surface area (Å²) in [5.41, 5.74) is 7.60. The highest BCUT2D eigenvalue weighted by atomic mass is 16.3. The van der Waals surface area contributed by atoms with Gasteiger partial charge in [-0.2, -0.15) is 0 Å². The van der Waals surface area contributed by atoms with Crippen LogP contribution in [-0.4, -0.2) is 0 Å². The van der Waals surface area contributed by atoms with E-state index in [2.05, 4.69) is 76.1 Å².